The molecule has 4 nitrogen and oxygen atoms in total. The van der Waals surface area contributed by atoms with Crippen molar-refractivity contribution in [1.29, 1.82) is 0 Å². The van der Waals surface area contributed by atoms with Gasteiger partial charge in [-0.3, -0.25) is 4.79 Å². The van der Waals surface area contributed by atoms with Crippen molar-refractivity contribution in [3.05, 3.63) is 71.3 Å². The Bertz CT molecular complexity index is 758. The lowest BCUT2D eigenvalue weighted by atomic mass is 9.99. The first-order valence-electron chi connectivity index (χ1n) is 11.2. The van der Waals surface area contributed by atoms with Crippen LogP contribution in [0.3, 0.4) is 0 Å². The van der Waals surface area contributed by atoms with Gasteiger partial charge in [0.1, 0.15) is 6.10 Å². The van der Waals surface area contributed by atoms with Crippen LogP contribution in [0.25, 0.3) is 0 Å². The molecule has 0 N–H and O–H groups in total. The molecule has 0 aliphatic carbocycles. The second-order valence-corrected chi connectivity index (χ2v) is 8.27. The molecule has 0 saturated carbocycles. The van der Waals surface area contributed by atoms with Crippen molar-refractivity contribution in [2.45, 2.75) is 57.7 Å². The van der Waals surface area contributed by atoms with E-state index in [1.165, 1.54) is 23.8 Å². The fourth-order valence-electron chi connectivity index (χ4n) is 4.06. The summed E-state index contributed by atoms with van der Waals surface area (Å²) in [7, 11) is 1.45. The van der Waals surface area contributed by atoms with Gasteiger partial charge in [-0.1, -0.05) is 66.6 Å². The first-order valence-corrected chi connectivity index (χ1v) is 11.2. The van der Waals surface area contributed by atoms with E-state index in [1.54, 1.807) is 0 Å². The first kappa shape index (κ1) is 25.4. The lowest BCUT2D eigenvalue weighted by molar-refractivity contribution is -0.140. The molecule has 2 aromatic carbocycles. The van der Waals surface area contributed by atoms with E-state index in [4.69, 9.17) is 9.47 Å². The van der Waals surface area contributed by atoms with Gasteiger partial charge in [-0.25, -0.2) is 0 Å². The number of carbonyl (C=O) groups excluding carboxylic acids is 1. The summed E-state index contributed by atoms with van der Waals surface area (Å²) in [5.74, 6) is -0.102. The quantitative estimate of drug-likeness (QED) is 0.346. The Morgan fingerprint density at radius 2 is 1.61 bits per heavy atom. The second-order valence-electron chi connectivity index (χ2n) is 8.27. The van der Waals surface area contributed by atoms with Gasteiger partial charge in [0.15, 0.2) is 0 Å². The summed E-state index contributed by atoms with van der Waals surface area (Å²) >= 11 is 0. The predicted molar refractivity (Wildman–Crippen MR) is 128 cm³/mol. The van der Waals surface area contributed by atoms with Gasteiger partial charge < -0.3 is 14.4 Å². The van der Waals surface area contributed by atoms with Gasteiger partial charge in [-0.2, -0.15) is 0 Å². The van der Waals surface area contributed by atoms with E-state index in [0.29, 0.717) is 6.42 Å². The zero-order valence-electron chi connectivity index (χ0n) is 18.8. The number of methoxy groups -OCH3 is 1. The van der Waals surface area contributed by atoms with Crippen LogP contribution in [-0.4, -0.2) is 43.7 Å². The zero-order chi connectivity index (χ0) is 21.2. The number of halogens is 1. The van der Waals surface area contributed by atoms with Crippen molar-refractivity contribution in [3.8, 4) is 0 Å². The highest BCUT2D eigenvalue weighted by molar-refractivity contribution is 5.85. The molecule has 0 amide bonds. The highest BCUT2D eigenvalue weighted by atomic mass is 35.5. The molecule has 0 spiro atoms. The molecule has 1 aliphatic heterocycles. The van der Waals surface area contributed by atoms with Crippen LogP contribution < -0.4 is 0 Å². The summed E-state index contributed by atoms with van der Waals surface area (Å²) < 4.78 is 11.4. The van der Waals surface area contributed by atoms with E-state index in [1.807, 2.05) is 0 Å². The summed E-state index contributed by atoms with van der Waals surface area (Å²) in [5.41, 5.74) is 3.71. The average Bonchev–Trinajstić information content (AvgIpc) is 2.79. The summed E-state index contributed by atoms with van der Waals surface area (Å²) in [6.45, 7) is 5.38. The van der Waals surface area contributed by atoms with Crippen LogP contribution in [0.5, 0.6) is 0 Å². The van der Waals surface area contributed by atoms with Crippen LogP contribution in [0, 0.1) is 6.92 Å². The number of hydrogen-bond donors (Lipinski definition) is 0. The molecule has 5 heteroatoms. The number of aryl methyl sites for hydroxylation is 1. The summed E-state index contributed by atoms with van der Waals surface area (Å²) in [6.07, 6.45) is 6.07. The Morgan fingerprint density at radius 3 is 2.26 bits per heavy atom. The van der Waals surface area contributed by atoms with Crippen molar-refractivity contribution in [1.82, 2.24) is 4.90 Å². The Labute approximate surface area is 193 Å². The monoisotopic (exact) mass is 445 g/mol. The minimum absolute atomic E-state index is 0. The number of likely N-dealkylation sites (tertiary alicyclic amines) is 1. The standard InChI is InChI=1S/C26H35NO3.ClH/c1-21-12-14-23(15-13-21)26(22-9-5-3-6-10-22)30-24-16-19-27(20-17-24)18-8-4-7-11-25(28)29-2;/h3,5-6,9-10,12-15,24,26H,4,7-8,11,16-20H2,1-2H3;1H. The zero-order valence-corrected chi connectivity index (χ0v) is 19.6. The largest absolute Gasteiger partial charge is 0.469 e. The number of ether oxygens (including phenoxy) is 2. The van der Waals surface area contributed by atoms with Crippen LogP contribution in [0.2, 0.25) is 0 Å². The Hall–Kier alpha value is -1.88. The van der Waals surface area contributed by atoms with Crippen molar-refractivity contribution in [2.75, 3.05) is 26.7 Å². The fourth-order valence-corrected chi connectivity index (χ4v) is 4.06. The molecule has 0 bridgehead atoms. The number of piperidine rings is 1. The maximum Gasteiger partial charge on any atom is 0.305 e. The SMILES string of the molecule is COC(=O)CCCCCN1CCC(OC(c2ccccc2)c2ccc(C)cc2)CC1.Cl. The summed E-state index contributed by atoms with van der Waals surface area (Å²) in [5, 5.41) is 0. The number of esters is 1. The van der Waals surface area contributed by atoms with Crippen molar-refractivity contribution in [2.24, 2.45) is 0 Å². The lowest BCUT2D eigenvalue weighted by Gasteiger charge is -2.34. The maximum atomic E-state index is 11.2. The van der Waals surface area contributed by atoms with Crippen LogP contribution in [0.15, 0.2) is 54.6 Å². The molecule has 1 fully saturated rings. The summed E-state index contributed by atoms with van der Waals surface area (Å²) in [4.78, 5) is 13.7. The van der Waals surface area contributed by atoms with Crippen LogP contribution in [-0.2, 0) is 14.3 Å². The molecule has 31 heavy (non-hydrogen) atoms. The Morgan fingerprint density at radius 1 is 0.968 bits per heavy atom. The van der Waals surface area contributed by atoms with Crippen molar-refractivity contribution >= 4 is 18.4 Å². The molecular weight excluding hydrogens is 410 g/mol. The van der Waals surface area contributed by atoms with Crippen molar-refractivity contribution in [3.63, 3.8) is 0 Å². The minimum atomic E-state index is -0.102. The third-order valence-corrected chi connectivity index (χ3v) is 5.93. The van der Waals surface area contributed by atoms with E-state index >= 15 is 0 Å². The third kappa shape index (κ3) is 8.29. The van der Waals surface area contributed by atoms with Gasteiger partial charge in [0.2, 0.25) is 0 Å². The molecule has 0 aromatic heterocycles. The number of benzene rings is 2. The van der Waals surface area contributed by atoms with Crippen LogP contribution in [0.4, 0.5) is 0 Å². The van der Waals surface area contributed by atoms with Crippen LogP contribution in [0.1, 0.15) is 61.3 Å². The van der Waals surface area contributed by atoms with Gasteiger partial charge in [-0.15, -0.1) is 12.4 Å². The molecule has 1 atom stereocenters. The second kappa shape index (κ2) is 13.5. The van der Waals surface area contributed by atoms with E-state index in [9.17, 15) is 4.79 Å². The van der Waals surface area contributed by atoms with E-state index < -0.39 is 0 Å². The molecule has 1 aliphatic rings. The molecule has 1 unspecified atom stereocenters. The molecule has 1 heterocycles. The van der Waals surface area contributed by atoms with Gasteiger partial charge >= 0.3 is 5.97 Å². The topological polar surface area (TPSA) is 38.8 Å². The first-order chi connectivity index (χ1) is 14.7. The number of unbranched alkanes of at least 4 members (excludes halogenated alkanes) is 2. The highest BCUT2D eigenvalue weighted by Gasteiger charge is 2.24. The van der Waals surface area contributed by atoms with E-state index in [2.05, 4.69) is 66.4 Å². The molecule has 2 aromatic rings. The van der Waals surface area contributed by atoms with E-state index in [-0.39, 0.29) is 30.6 Å². The fraction of sp³-hybridized carbons (Fsp3) is 0.500. The lowest BCUT2D eigenvalue weighted by Crippen LogP contribution is -2.38. The number of nitrogens with zero attached hydrogens (tertiary/aromatic N) is 1. The minimum Gasteiger partial charge on any atom is -0.469 e. The summed E-state index contributed by atoms with van der Waals surface area (Å²) in [6, 6.07) is 19.3. The highest BCUT2D eigenvalue weighted by Crippen LogP contribution is 2.30. The van der Waals surface area contributed by atoms with Crippen LogP contribution >= 0.6 is 12.4 Å². The van der Waals surface area contributed by atoms with Crippen molar-refractivity contribution < 1.29 is 14.3 Å². The average molecular weight is 446 g/mol. The van der Waals surface area contributed by atoms with Gasteiger partial charge in [0.05, 0.1) is 13.2 Å². The third-order valence-electron chi connectivity index (χ3n) is 5.93. The van der Waals surface area contributed by atoms with Gasteiger partial charge in [0, 0.05) is 19.5 Å². The van der Waals surface area contributed by atoms with E-state index in [0.717, 1.165) is 51.7 Å². The number of hydrogen-bond acceptors (Lipinski definition) is 4. The van der Waals surface area contributed by atoms with Gasteiger partial charge in [-0.05, 0) is 50.3 Å². The normalized spacial score (nSPS) is 15.8. The number of carbonyl (C=O) groups is 1. The number of rotatable bonds is 10. The molecular formula is C26H36ClNO3. The van der Waals surface area contributed by atoms with Gasteiger partial charge in [0.25, 0.3) is 0 Å². The maximum absolute atomic E-state index is 11.2. The smallest absolute Gasteiger partial charge is 0.305 e. The molecule has 1 saturated heterocycles. The Balaban J connectivity index is 0.00000341. The molecule has 0 radical (unpaired) electrons. The Kier molecular flexibility index (Phi) is 11.1. The molecule has 3 rings (SSSR count). The molecule has 170 valence electrons. The predicted octanol–water partition coefficient (Wildman–Crippen LogP) is 5.72.